The van der Waals surface area contributed by atoms with Crippen molar-refractivity contribution >= 4 is 11.6 Å². The molecule has 1 aliphatic heterocycles. The van der Waals surface area contributed by atoms with Crippen LogP contribution < -0.4 is 10.2 Å². The Hall–Kier alpha value is -1.35. The molecule has 0 bridgehead atoms. The third-order valence-corrected chi connectivity index (χ3v) is 3.12. The molecule has 1 aliphatic rings. The summed E-state index contributed by atoms with van der Waals surface area (Å²) < 4.78 is 0. The molecule has 1 aromatic rings. The predicted octanol–water partition coefficient (Wildman–Crippen LogP) is 1.65. The van der Waals surface area contributed by atoms with Crippen LogP contribution >= 0.6 is 0 Å². The summed E-state index contributed by atoms with van der Waals surface area (Å²) in [5, 5.41) is 3.27. The summed E-state index contributed by atoms with van der Waals surface area (Å²) in [5.74, 6) is 0.359. The highest BCUT2D eigenvalue weighted by Crippen LogP contribution is 2.18. The minimum Gasteiger partial charge on any atom is -0.316 e. The summed E-state index contributed by atoms with van der Waals surface area (Å²) in [7, 11) is 1.85. The van der Waals surface area contributed by atoms with Crippen molar-refractivity contribution in [1.29, 1.82) is 0 Å². The number of carbonyl (C=O) groups excluding carboxylic acids is 1. The van der Waals surface area contributed by atoms with Gasteiger partial charge in [-0.1, -0.05) is 18.2 Å². The molecule has 0 spiro atoms. The van der Waals surface area contributed by atoms with E-state index in [0.717, 1.165) is 31.6 Å². The number of carbonyl (C=O) groups is 1. The van der Waals surface area contributed by atoms with Crippen molar-refractivity contribution in [2.45, 2.75) is 12.8 Å². The molecular weight excluding hydrogens is 200 g/mol. The topological polar surface area (TPSA) is 32.3 Å². The number of piperidine rings is 1. The summed E-state index contributed by atoms with van der Waals surface area (Å²) in [5.41, 5.74) is 0.970. The molecule has 1 amide bonds. The first-order valence-electron chi connectivity index (χ1n) is 5.82. The highest BCUT2D eigenvalue weighted by Gasteiger charge is 2.24. The zero-order valence-electron chi connectivity index (χ0n) is 9.65. The smallest absolute Gasteiger partial charge is 0.231 e. The van der Waals surface area contributed by atoms with Crippen molar-refractivity contribution in [3.05, 3.63) is 30.3 Å². The van der Waals surface area contributed by atoms with Crippen LogP contribution in [0.3, 0.4) is 0 Å². The number of benzene rings is 1. The van der Waals surface area contributed by atoms with Gasteiger partial charge in [0, 0.05) is 19.3 Å². The number of amides is 1. The van der Waals surface area contributed by atoms with Gasteiger partial charge in [0.25, 0.3) is 0 Å². The highest BCUT2D eigenvalue weighted by atomic mass is 16.2. The van der Waals surface area contributed by atoms with E-state index in [1.807, 2.05) is 37.4 Å². The first-order valence-corrected chi connectivity index (χ1v) is 5.82. The maximum atomic E-state index is 12.2. The zero-order chi connectivity index (χ0) is 11.4. The van der Waals surface area contributed by atoms with Gasteiger partial charge in [0.15, 0.2) is 0 Å². The van der Waals surface area contributed by atoms with Gasteiger partial charge in [0.05, 0.1) is 5.92 Å². The van der Waals surface area contributed by atoms with Crippen LogP contribution in [0.5, 0.6) is 0 Å². The molecule has 0 saturated carbocycles. The molecule has 1 saturated heterocycles. The van der Waals surface area contributed by atoms with E-state index in [-0.39, 0.29) is 11.8 Å². The second-order valence-electron chi connectivity index (χ2n) is 4.28. The molecular formula is C13H18N2O. The Morgan fingerprint density at radius 3 is 2.75 bits per heavy atom. The van der Waals surface area contributed by atoms with E-state index in [1.165, 1.54) is 0 Å². The van der Waals surface area contributed by atoms with Gasteiger partial charge in [-0.05, 0) is 31.5 Å². The van der Waals surface area contributed by atoms with Gasteiger partial charge in [-0.2, -0.15) is 0 Å². The summed E-state index contributed by atoms with van der Waals surface area (Å²) in [6.45, 7) is 1.86. The fraction of sp³-hybridized carbons (Fsp3) is 0.462. The third-order valence-electron chi connectivity index (χ3n) is 3.12. The average Bonchev–Trinajstić information content (AvgIpc) is 2.39. The monoisotopic (exact) mass is 218 g/mol. The molecule has 1 unspecified atom stereocenters. The lowest BCUT2D eigenvalue weighted by Crippen LogP contribution is -2.41. The fourth-order valence-corrected chi connectivity index (χ4v) is 2.12. The Bertz CT molecular complexity index is 344. The molecule has 16 heavy (non-hydrogen) atoms. The Morgan fingerprint density at radius 1 is 1.38 bits per heavy atom. The number of para-hydroxylation sites is 1. The Labute approximate surface area is 96.5 Å². The van der Waals surface area contributed by atoms with E-state index in [1.54, 1.807) is 4.90 Å². The summed E-state index contributed by atoms with van der Waals surface area (Å²) in [6.07, 6.45) is 2.10. The van der Waals surface area contributed by atoms with Crippen molar-refractivity contribution in [1.82, 2.24) is 5.32 Å². The number of rotatable bonds is 2. The van der Waals surface area contributed by atoms with Crippen molar-refractivity contribution in [2.75, 3.05) is 25.0 Å². The number of hydrogen-bond acceptors (Lipinski definition) is 2. The maximum absolute atomic E-state index is 12.2. The quantitative estimate of drug-likeness (QED) is 0.818. The lowest BCUT2D eigenvalue weighted by molar-refractivity contribution is -0.122. The Balaban J connectivity index is 2.04. The zero-order valence-corrected chi connectivity index (χ0v) is 9.65. The fourth-order valence-electron chi connectivity index (χ4n) is 2.12. The number of nitrogens with zero attached hydrogens (tertiary/aromatic N) is 1. The molecule has 3 nitrogen and oxygen atoms in total. The average molecular weight is 218 g/mol. The standard InChI is InChI=1S/C13H18N2O/c1-15(12-7-3-2-4-8-12)13(16)11-6-5-9-14-10-11/h2-4,7-8,11,14H,5-6,9-10H2,1H3. The van der Waals surface area contributed by atoms with E-state index in [0.29, 0.717) is 0 Å². The SMILES string of the molecule is CN(C(=O)C1CCCNC1)c1ccccc1. The highest BCUT2D eigenvalue weighted by molar-refractivity contribution is 5.94. The summed E-state index contributed by atoms with van der Waals surface area (Å²) >= 11 is 0. The second-order valence-corrected chi connectivity index (χ2v) is 4.28. The Morgan fingerprint density at radius 2 is 2.12 bits per heavy atom. The van der Waals surface area contributed by atoms with E-state index in [2.05, 4.69) is 5.32 Å². The molecule has 1 aromatic carbocycles. The first kappa shape index (κ1) is 11.1. The van der Waals surface area contributed by atoms with Crippen LogP contribution in [0.25, 0.3) is 0 Å². The summed E-state index contributed by atoms with van der Waals surface area (Å²) in [4.78, 5) is 13.9. The van der Waals surface area contributed by atoms with Crippen molar-refractivity contribution in [2.24, 2.45) is 5.92 Å². The van der Waals surface area contributed by atoms with E-state index >= 15 is 0 Å². The predicted molar refractivity (Wildman–Crippen MR) is 65.4 cm³/mol. The molecule has 1 N–H and O–H groups in total. The van der Waals surface area contributed by atoms with Crippen molar-refractivity contribution < 1.29 is 4.79 Å². The molecule has 86 valence electrons. The van der Waals surface area contributed by atoms with Crippen LogP contribution in [0, 0.1) is 5.92 Å². The minimum absolute atomic E-state index is 0.138. The van der Waals surface area contributed by atoms with Gasteiger partial charge >= 0.3 is 0 Å². The molecule has 1 fully saturated rings. The van der Waals surface area contributed by atoms with Gasteiger partial charge in [-0.25, -0.2) is 0 Å². The molecule has 0 aromatic heterocycles. The van der Waals surface area contributed by atoms with E-state index in [9.17, 15) is 4.79 Å². The van der Waals surface area contributed by atoms with E-state index < -0.39 is 0 Å². The molecule has 0 aliphatic carbocycles. The number of nitrogens with one attached hydrogen (secondary N) is 1. The minimum atomic E-state index is 0.138. The van der Waals surface area contributed by atoms with Gasteiger partial charge in [0.2, 0.25) is 5.91 Å². The van der Waals surface area contributed by atoms with Crippen LogP contribution in [-0.2, 0) is 4.79 Å². The normalized spacial score (nSPS) is 20.4. The van der Waals surface area contributed by atoms with Gasteiger partial charge in [-0.3, -0.25) is 4.79 Å². The second kappa shape index (κ2) is 5.12. The molecule has 1 atom stereocenters. The maximum Gasteiger partial charge on any atom is 0.231 e. The summed E-state index contributed by atoms with van der Waals surface area (Å²) in [6, 6.07) is 9.81. The van der Waals surface area contributed by atoms with Crippen LogP contribution in [0.1, 0.15) is 12.8 Å². The lowest BCUT2D eigenvalue weighted by atomic mass is 9.98. The number of hydrogen-bond donors (Lipinski definition) is 1. The van der Waals surface area contributed by atoms with Gasteiger partial charge in [-0.15, -0.1) is 0 Å². The van der Waals surface area contributed by atoms with Crippen molar-refractivity contribution in [3.63, 3.8) is 0 Å². The third kappa shape index (κ3) is 2.42. The number of anilines is 1. The first-order chi connectivity index (χ1) is 7.79. The van der Waals surface area contributed by atoms with Crippen LogP contribution in [0.4, 0.5) is 5.69 Å². The van der Waals surface area contributed by atoms with Crippen LogP contribution in [0.15, 0.2) is 30.3 Å². The van der Waals surface area contributed by atoms with Gasteiger partial charge < -0.3 is 10.2 Å². The van der Waals surface area contributed by atoms with Crippen LogP contribution in [-0.4, -0.2) is 26.0 Å². The largest absolute Gasteiger partial charge is 0.316 e. The van der Waals surface area contributed by atoms with Crippen LogP contribution in [0.2, 0.25) is 0 Å². The van der Waals surface area contributed by atoms with E-state index in [4.69, 9.17) is 0 Å². The lowest BCUT2D eigenvalue weighted by Gasteiger charge is -2.27. The molecule has 2 rings (SSSR count). The van der Waals surface area contributed by atoms with Crippen molar-refractivity contribution in [3.8, 4) is 0 Å². The van der Waals surface area contributed by atoms with Gasteiger partial charge in [0.1, 0.15) is 0 Å². The Kier molecular flexibility index (Phi) is 3.57. The molecule has 1 heterocycles. The molecule has 0 radical (unpaired) electrons. The molecule has 3 heteroatoms.